The molecule has 3 nitrogen and oxygen atoms in total. The molecule has 0 aromatic carbocycles. The number of carboxylic acid groups (broad SMARTS) is 1. The third-order valence-electron chi connectivity index (χ3n) is 2.82. The fourth-order valence-electron chi connectivity index (χ4n) is 1.94. The Bertz CT molecular complexity index is 389. The molecule has 0 saturated heterocycles. The number of rotatable bonds is 5. The molecule has 1 saturated carbocycles. The fraction of sp³-hybridized carbons (Fsp3) is 0.545. The van der Waals surface area contributed by atoms with E-state index >= 15 is 0 Å². The second kappa shape index (κ2) is 4.85. The van der Waals surface area contributed by atoms with Crippen LogP contribution in [0.1, 0.15) is 17.7 Å². The van der Waals surface area contributed by atoms with Crippen molar-refractivity contribution >= 4 is 33.2 Å². The molecule has 5 heteroatoms. The van der Waals surface area contributed by atoms with Crippen molar-refractivity contribution in [1.29, 1.82) is 0 Å². The third-order valence-corrected chi connectivity index (χ3v) is 4.51. The molecule has 0 bridgehead atoms. The van der Waals surface area contributed by atoms with Gasteiger partial charge in [-0.2, -0.15) is 0 Å². The Kier molecular flexibility index (Phi) is 3.66. The van der Waals surface area contributed by atoms with Gasteiger partial charge in [-0.05, 0) is 47.8 Å². The minimum Gasteiger partial charge on any atom is -0.480 e. The van der Waals surface area contributed by atoms with Crippen molar-refractivity contribution < 1.29 is 9.90 Å². The summed E-state index contributed by atoms with van der Waals surface area (Å²) >= 11 is 5.06. The van der Waals surface area contributed by atoms with Crippen molar-refractivity contribution in [3.8, 4) is 0 Å². The van der Waals surface area contributed by atoms with Crippen LogP contribution in [-0.2, 0) is 11.3 Å². The largest absolute Gasteiger partial charge is 0.480 e. The first-order chi connectivity index (χ1) is 7.58. The van der Waals surface area contributed by atoms with Crippen molar-refractivity contribution in [2.24, 2.45) is 5.92 Å². The van der Waals surface area contributed by atoms with Gasteiger partial charge in [0.2, 0.25) is 0 Å². The van der Waals surface area contributed by atoms with E-state index in [1.165, 1.54) is 4.88 Å². The molecule has 1 heterocycles. The number of likely N-dealkylation sites (N-methyl/N-ethyl adjacent to an activating group) is 1. The molecule has 0 radical (unpaired) electrons. The van der Waals surface area contributed by atoms with Crippen LogP contribution >= 0.6 is 27.3 Å². The van der Waals surface area contributed by atoms with E-state index < -0.39 is 5.97 Å². The summed E-state index contributed by atoms with van der Waals surface area (Å²) in [5, 5.41) is 11.2. The predicted octanol–water partition coefficient (Wildman–Crippen LogP) is 2.81. The van der Waals surface area contributed by atoms with E-state index in [2.05, 4.69) is 15.9 Å². The summed E-state index contributed by atoms with van der Waals surface area (Å²) in [6, 6.07) is 1.73. The van der Waals surface area contributed by atoms with Gasteiger partial charge in [0.1, 0.15) is 6.04 Å². The van der Waals surface area contributed by atoms with Crippen molar-refractivity contribution in [2.75, 3.05) is 7.05 Å². The summed E-state index contributed by atoms with van der Waals surface area (Å²) in [6.07, 6.45) is 2.10. The first-order valence-electron chi connectivity index (χ1n) is 5.24. The molecule has 2 rings (SSSR count). The van der Waals surface area contributed by atoms with E-state index in [9.17, 15) is 9.90 Å². The van der Waals surface area contributed by atoms with Crippen LogP contribution < -0.4 is 0 Å². The first-order valence-corrected chi connectivity index (χ1v) is 6.91. The monoisotopic (exact) mass is 303 g/mol. The summed E-state index contributed by atoms with van der Waals surface area (Å²) in [7, 11) is 1.89. The molecule has 1 fully saturated rings. The van der Waals surface area contributed by atoms with Crippen LogP contribution in [-0.4, -0.2) is 29.1 Å². The molecule has 1 aromatic rings. The smallest absolute Gasteiger partial charge is 0.321 e. The standard InChI is InChI=1S/C11H14BrNO2S/c1-13(5-9-4-8(12)6-16-9)10(11(14)15)7-2-3-7/h4,6-7,10H,2-3,5H2,1H3,(H,14,15). The van der Waals surface area contributed by atoms with Crippen LogP contribution in [0.3, 0.4) is 0 Å². The van der Waals surface area contributed by atoms with E-state index in [0.29, 0.717) is 12.5 Å². The molecule has 1 aromatic heterocycles. The lowest BCUT2D eigenvalue weighted by atomic mass is 10.1. The number of carboxylic acids is 1. The number of hydrogen-bond acceptors (Lipinski definition) is 3. The highest BCUT2D eigenvalue weighted by Crippen LogP contribution is 2.36. The van der Waals surface area contributed by atoms with E-state index in [1.807, 2.05) is 23.4 Å². The van der Waals surface area contributed by atoms with Gasteiger partial charge in [-0.15, -0.1) is 11.3 Å². The molecule has 0 spiro atoms. The molecule has 16 heavy (non-hydrogen) atoms. The molecule has 1 aliphatic carbocycles. The van der Waals surface area contributed by atoms with E-state index in [1.54, 1.807) is 11.3 Å². The van der Waals surface area contributed by atoms with Gasteiger partial charge in [-0.1, -0.05) is 0 Å². The Morgan fingerprint density at radius 1 is 1.75 bits per heavy atom. The maximum Gasteiger partial charge on any atom is 0.321 e. The number of halogens is 1. The van der Waals surface area contributed by atoms with Crippen molar-refractivity contribution in [2.45, 2.75) is 25.4 Å². The average Bonchev–Trinajstić information content (AvgIpc) is 2.91. The molecule has 0 aliphatic heterocycles. The van der Waals surface area contributed by atoms with Gasteiger partial charge in [-0.25, -0.2) is 0 Å². The van der Waals surface area contributed by atoms with Gasteiger partial charge >= 0.3 is 5.97 Å². The number of nitrogens with zero attached hydrogens (tertiary/aromatic N) is 1. The Labute approximate surface area is 107 Å². The minimum atomic E-state index is -0.694. The van der Waals surface area contributed by atoms with Gasteiger partial charge in [0.15, 0.2) is 0 Å². The summed E-state index contributed by atoms with van der Waals surface area (Å²) in [6.45, 7) is 0.712. The topological polar surface area (TPSA) is 40.5 Å². The SMILES string of the molecule is CN(Cc1cc(Br)cs1)C(C(=O)O)C1CC1. The zero-order chi connectivity index (χ0) is 11.7. The van der Waals surface area contributed by atoms with Crippen LogP contribution in [0, 0.1) is 5.92 Å². The Balaban J connectivity index is 2.00. The quantitative estimate of drug-likeness (QED) is 0.909. The number of hydrogen-bond donors (Lipinski definition) is 1. The zero-order valence-electron chi connectivity index (χ0n) is 9.02. The Morgan fingerprint density at radius 2 is 2.44 bits per heavy atom. The van der Waals surface area contributed by atoms with Crippen molar-refractivity contribution in [3.63, 3.8) is 0 Å². The van der Waals surface area contributed by atoms with Gasteiger partial charge in [0.05, 0.1) is 0 Å². The Morgan fingerprint density at radius 3 is 2.88 bits per heavy atom. The van der Waals surface area contributed by atoms with Crippen LogP contribution in [0.25, 0.3) is 0 Å². The van der Waals surface area contributed by atoms with Gasteiger partial charge < -0.3 is 5.11 Å². The van der Waals surface area contributed by atoms with Crippen LogP contribution in [0.2, 0.25) is 0 Å². The van der Waals surface area contributed by atoms with E-state index in [0.717, 1.165) is 17.3 Å². The molecule has 88 valence electrons. The maximum atomic E-state index is 11.2. The number of aliphatic carboxylic acids is 1. The van der Waals surface area contributed by atoms with E-state index in [-0.39, 0.29) is 6.04 Å². The lowest BCUT2D eigenvalue weighted by Crippen LogP contribution is -2.39. The van der Waals surface area contributed by atoms with Gasteiger partial charge in [0, 0.05) is 21.3 Å². The second-order valence-electron chi connectivity index (χ2n) is 4.27. The Hall–Kier alpha value is -0.390. The normalized spacial score (nSPS) is 17.7. The maximum absolute atomic E-state index is 11.2. The first kappa shape index (κ1) is 12.1. The van der Waals surface area contributed by atoms with Crippen molar-refractivity contribution in [1.82, 2.24) is 4.90 Å². The van der Waals surface area contributed by atoms with Crippen LogP contribution in [0.4, 0.5) is 0 Å². The summed E-state index contributed by atoms with van der Waals surface area (Å²) < 4.78 is 1.07. The summed E-state index contributed by atoms with van der Waals surface area (Å²) in [4.78, 5) is 14.3. The second-order valence-corrected chi connectivity index (χ2v) is 6.18. The lowest BCUT2D eigenvalue weighted by Gasteiger charge is -2.23. The molecule has 1 N–H and O–H groups in total. The minimum absolute atomic E-state index is 0.319. The van der Waals surface area contributed by atoms with Crippen LogP contribution in [0.5, 0.6) is 0 Å². The molecule has 1 unspecified atom stereocenters. The number of thiophene rings is 1. The molecular weight excluding hydrogens is 290 g/mol. The lowest BCUT2D eigenvalue weighted by molar-refractivity contribution is -0.143. The van der Waals surface area contributed by atoms with Crippen LogP contribution in [0.15, 0.2) is 15.9 Å². The molecular formula is C11H14BrNO2S. The molecule has 0 amide bonds. The molecule has 1 atom stereocenters. The van der Waals surface area contributed by atoms with Gasteiger partial charge in [0.25, 0.3) is 0 Å². The zero-order valence-corrected chi connectivity index (χ0v) is 11.4. The number of carbonyl (C=O) groups is 1. The summed E-state index contributed by atoms with van der Waals surface area (Å²) in [5.74, 6) is -0.341. The highest BCUT2D eigenvalue weighted by atomic mass is 79.9. The van der Waals surface area contributed by atoms with E-state index in [4.69, 9.17) is 0 Å². The summed E-state index contributed by atoms with van der Waals surface area (Å²) in [5.41, 5.74) is 0. The fourth-order valence-corrected chi connectivity index (χ4v) is 3.46. The average molecular weight is 304 g/mol. The van der Waals surface area contributed by atoms with Crippen molar-refractivity contribution in [3.05, 3.63) is 20.8 Å². The van der Waals surface area contributed by atoms with Gasteiger partial charge in [-0.3, -0.25) is 9.69 Å². The highest BCUT2D eigenvalue weighted by molar-refractivity contribution is 9.10. The highest BCUT2D eigenvalue weighted by Gasteiger charge is 2.38. The molecule has 1 aliphatic rings. The third kappa shape index (κ3) is 2.84. The predicted molar refractivity (Wildman–Crippen MR) is 67.6 cm³/mol.